The van der Waals surface area contributed by atoms with Gasteiger partial charge in [-0.3, -0.25) is 14.6 Å². The number of fused-ring (bicyclic) bond motifs is 1. The first-order chi connectivity index (χ1) is 16.2. The Bertz CT molecular complexity index is 1310. The van der Waals surface area contributed by atoms with E-state index in [0.29, 0.717) is 35.8 Å². The minimum absolute atomic E-state index is 0.366. The number of benzene rings is 1. The van der Waals surface area contributed by atoms with Crippen LogP contribution in [0, 0.1) is 0 Å². The lowest BCUT2D eigenvalue weighted by Crippen LogP contribution is -2.35. The number of carboxylic acid groups (broad SMARTS) is 1. The Morgan fingerprint density at radius 3 is 2.76 bits per heavy atom. The van der Waals surface area contributed by atoms with E-state index < -0.39 is 22.8 Å². The molecule has 1 saturated heterocycles. The number of carbonyl (C=O) groups is 2. The van der Waals surface area contributed by atoms with E-state index in [1.807, 2.05) is 32.3 Å². The monoisotopic (exact) mass is 466 g/mol. The van der Waals surface area contributed by atoms with Gasteiger partial charge >= 0.3 is 5.97 Å². The second-order valence-electron chi connectivity index (χ2n) is 8.94. The molecule has 9 nitrogen and oxygen atoms in total. The van der Waals surface area contributed by atoms with Crippen LogP contribution in [-0.2, 0) is 24.8 Å². The number of aromatic amines is 1. The maximum Gasteiger partial charge on any atom is 0.345 e. The number of carboxylic acids is 1. The van der Waals surface area contributed by atoms with Gasteiger partial charge in [-0.15, -0.1) is 0 Å². The van der Waals surface area contributed by atoms with Crippen LogP contribution in [0.15, 0.2) is 29.1 Å². The average Bonchev–Trinajstić information content (AvgIpc) is 3.38. The second-order valence-corrected chi connectivity index (χ2v) is 8.94. The minimum Gasteiger partial charge on any atom is -0.506 e. The van der Waals surface area contributed by atoms with Crippen molar-refractivity contribution in [3.8, 4) is 17.0 Å². The SMILES string of the molecule is CCc1c(-c2ccc3c(c2)cc(CN2CCC(N(C)CC=O)C2)n3C)[nH]c(=O)c(C(=O)O)c1O. The predicted octanol–water partition coefficient (Wildman–Crippen LogP) is 2.20. The molecule has 3 aromatic rings. The Hall–Kier alpha value is -3.43. The number of aryl methyl sites for hydroxylation is 1. The number of aldehydes is 1. The summed E-state index contributed by atoms with van der Waals surface area (Å²) in [6, 6.07) is 8.29. The van der Waals surface area contributed by atoms with Crippen molar-refractivity contribution in [2.45, 2.75) is 32.4 Å². The maximum absolute atomic E-state index is 12.3. The number of likely N-dealkylation sites (tertiary alicyclic amines) is 1. The van der Waals surface area contributed by atoms with Crippen LogP contribution < -0.4 is 5.56 Å². The van der Waals surface area contributed by atoms with Crippen LogP contribution in [0.25, 0.3) is 22.2 Å². The number of H-pyrrole nitrogens is 1. The Labute approximate surface area is 197 Å². The second kappa shape index (κ2) is 9.44. The molecule has 0 spiro atoms. The van der Waals surface area contributed by atoms with Crippen molar-refractivity contribution < 1.29 is 19.8 Å². The lowest BCUT2D eigenvalue weighted by atomic mass is 9.99. The lowest BCUT2D eigenvalue weighted by molar-refractivity contribution is -0.109. The molecule has 3 heterocycles. The number of aromatic nitrogens is 2. The highest BCUT2D eigenvalue weighted by atomic mass is 16.4. The summed E-state index contributed by atoms with van der Waals surface area (Å²) in [5.41, 5.74) is 2.28. The third-order valence-corrected chi connectivity index (χ3v) is 6.91. The molecule has 34 heavy (non-hydrogen) atoms. The normalized spacial score (nSPS) is 16.5. The van der Waals surface area contributed by atoms with Gasteiger partial charge in [0.25, 0.3) is 5.56 Å². The first-order valence-corrected chi connectivity index (χ1v) is 11.4. The topological polar surface area (TPSA) is 119 Å². The molecule has 1 fully saturated rings. The molecule has 1 aliphatic heterocycles. The molecule has 0 aliphatic carbocycles. The Morgan fingerprint density at radius 1 is 1.32 bits per heavy atom. The third-order valence-electron chi connectivity index (χ3n) is 6.91. The molecule has 4 rings (SSSR count). The molecule has 0 bridgehead atoms. The van der Waals surface area contributed by atoms with Gasteiger partial charge < -0.3 is 24.6 Å². The van der Waals surface area contributed by atoms with Crippen molar-refractivity contribution in [1.29, 1.82) is 0 Å². The number of pyridine rings is 1. The number of nitrogens with zero attached hydrogens (tertiary/aromatic N) is 3. The summed E-state index contributed by atoms with van der Waals surface area (Å²) in [6.45, 7) is 4.92. The van der Waals surface area contributed by atoms with Crippen molar-refractivity contribution in [2.24, 2.45) is 7.05 Å². The molecule has 1 aliphatic rings. The Morgan fingerprint density at radius 2 is 2.09 bits per heavy atom. The van der Waals surface area contributed by atoms with E-state index in [4.69, 9.17) is 0 Å². The largest absolute Gasteiger partial charge is 0.506 e. The number of aromatic hydroxyl groups is 1. The molecule has 9 heteroatoms. The lowest BCUT2D eigenvalue weighted by Gasteiger charge is -2.22. The summed E-state index contributed by atoms with van der Waals surface area (Å²) in [5.74, 6) is -1.93. The zero-order valence-corrected chi connectivity index (χ0v) is 19.7. The summed E-state index contributed by atoms with van der Waals surface area (Å²) in [6.07, 6.45) is 2.34. The fourth-order valence-corrected chi connectivity index (χ4v) is 4.94. The quantitative estimate of drug-likeness (QED) is 0.436. The van der Waals surface area contributed by atoms with Gasteiger partial charge in [-0.1, -0.05) is 13.0 Å². The number of rotatable bonds is 8. The van der Waals surface area contributed by atoms with E-state index in [-0.39, 0.29) is 0 Å². The standard InChI is InChI=1S/C25H30N4O5/c1-4-19-22(26-24(32)21(23(19)31)25(33)34)15-5-6-20-16(11-15)12-18(28(20)3)14-29-8-7-17(13-29)27(2)9-10-30/h5-6,10-12,17H,4,7-9,13-14H2,1-3H3,(H,33,34)(H2,26,31,32). The van der Waals surface area contributed by atoms with E-state index in [1.54, 1.807) is 6.92 Å². The van der Waals surface area contributed by atoms with E-state index >= 15 is 0 Å². The van der Waals surface area contributed by atoms with Gasteiger partial charge in [-0.2, -0.15) is 0 Å². The van der Waals surface area contributed by atoms with Crippen LogP contribution in [0.1, 0.15) is 35.0 Å². The highest BCUT2D eigenvalue weighted by Gasteiger charge is 2.26. The van der Waals surface area contributed by atoms with Crippen molar-refractivity contribution >= 4 is 23.2 Å². The van der Waals surface area contributed by atoms with Crippen LogP contribution in [0.5, 0.6) is 5.75 Å². The van der Waals surface area contributed by atoms with Crippen LogP contribution in [-0.4, -0.2) is 74.5 Å². The van der Waals surface area contributed by atoms with E-state index in [0.717, 1.165) is 48.9 Å². The van der Waals surface area contributed by atoms with Crippen LogP contribution in [0.3, 0.4) is 0 Å². The zero-order chi connectivity index (χ0) is 24.6. The predicted molar refractivity (Wildman–Crippen MR) is 129 cm³/mol. The average molecular weight is 467 g/mol. The molecule has 2 aromatic heterocycles. The fraction of sp³-hybridized carbons (Fsp3) is 0.400. The first-order valence-electron chi connectivity index (χ1n) is 11.4. The maximum atomic E-state index is 12.3. The van der Waals surface area contributed by atoms with Crippen molar-refractivity contribution in [3.63, 3.8) is 0 Å². The molecule has 0 saturated carbocycles. The summed E-state index contributed by atoms with van der Waals surface area (Å²) < 4.78 is 2.15. The summed E-state index contributed by atoms with van der Waals surface area (Å²) in [4.78, 5) is 41.7. The van der Waals surface area contributed by atoms with Crippen LogP contribution in [0.2, 0.25) is 0 Å². The Balaban J connectivity index is 1.65. The van der Waals surface area contributed by atoms with Gasteiger partial charge in [0.2, 0.25) is 0 Å². The van der Waals surface area contributed by atoms with E-state index in [9.17, 15) is 24.6 Å². The van der Waals surface area contributed by atoms with Gasteiger partial charge in [-0.25, -0.2) is 4.79 Å². The van der Waals surface area contributed by atoms with Crippen molar-refractivity contribution in [1.82, 2.24) is 19.4 Å². The molecule has 1 aromatic carbocycles. The van der Waals surface area contributed by atoms with Crippen molar-refractivity contribution in [3.05, 3.63) is 51.4 Å². The van der Waals surface area contributed by atoms with Gasteiger partial charge in [0.15, 0.2) is 5.56 Å². The van der Waals surface area contributed by atoms with Crippen LogP contribution >= 0.6 is 0 Å². The molecular formula is C25H30N4O5. The summed E-state index contributed by atoms with van der Waals surface area (Å²) in [5, 5.41) is 20.7. The summed E-state index contributed by atoms with van der Waals surface area (Å²) in [7, 11) is 4.01. The number of hydrogen-bond acceptors (Lipinski definition) is 6. The molecule has 3 N–H and O–H groups in total. The van der Waals surface area contributed by atoms with Gasteiger partial charge in [-0.05, 0) is 43.7 Å². The molecule has 1 atom stereocenters. The number of likely N-dealkylation sites (N-methyl/N-ethyl adjacent to an activating group) is 1. The minimum atomic E-state index is -1.45. The van der Waals surface area contributed by atoms with E-state index in [2.05, 4.69) is 25.4 Å². The number of aromatic carboxylic acids is 1. The van der Waals surface area contributed by atoms with Gasteiger partial charge in [0, 0.05) is 54.9 Å². The zero-order valence-electron chi connectivity index (χ0n) is 19.7. The highest BCUT2D eigenvalue weighted by molar-refractivity contribution is 5.92. The molecule has 0 amide bonds. The van der Waals surface area contributed by atoms with Gasteiger partial charge in [0.05, 0.1) is 12.2 Å². The molecule has 1 unspecified atom stereocenters. The third kappa shape index (κ3) is 4.24. The molecule has 0 radical (unpaired) electrons. The number of hydrogen-bond donors (Lipinski definition) is 3. The smallest absolute Gasteiger partial charge is 0.345 e. The molecular weight excluding hydrogens is 436 g/mol. The Kier molecular flexibility index (Phi) is 6.58. The summed E-state index contributed by atoms with van der Waals surface area (Å²) >= 11 is 0. The van der Waals surface area contributed by atoms with Crippen molar-refractivity contribution in [2.75, 3.05) is 26.7 Å². The molecule has 180 valence electrons. The first kappa shape index (κ1) is 23.7. The highest BCUT2D eigenvalue weighted by Crippen LogP contribution is 2.32. The fourth-order valence-electron chi connectivity index (χ4n) is 4.94. The van der Waals surface area contributed by atoms with E-state index in [1.165, 1.54) is 0 Å². The van der Waals surface area contributed by atoms with Crippen LogP contribution in [0.4, 0.5) is 0 Å². The number of nitrogens with one attached hydrogen (secondary N) is 1. The number of carbonyl (C=O) groups excluding carboxylic acids is 1. The van der Waals surface area contributed by atoms with Gasteiger partial charge in [0.1, 0.15) is 12.0 Å².